The van der Waals surface area contributed by atoms with Gasteiger partial charge in [0.2, 0.25) is 0 Å². The summed E-state index contributed by atoms with van der Waals surface area (Å²) in [4.78, 5) is 5.84. The van der Waals surface area contributed by atoms with Crippen molar-refractivity contribution in [3.05, 3.63) is 67.5 Å². The van der Waals surface area contributed by atoms with Crippen molar-refractivity contribution in [2.24, 2.45) is 11.7 Å². The Balaban J connectivity index is 0.00000306. The average molecular weight is 522 g/mol. The fourth-order valence-electron chi connectivity index (χ4n) is 3.92. The van der Waals surface area contributed by atoms with Gasteiger partial charge in [-0.1, -0.05) is 54.1 Å². The second-order valence-electron chi connectivity index (χ2n) is 8.36. The molecule has 33 heavy (non-hydrogen) atoms. The first-order valence-electron chi connectivity index (χ1n) is 10.7. The summed E-state index contributed by atoms with van der Waals surface area (Å²) in [7, 11) is 1.64. The van der Waals surface area contributed by atoms with Crippen LogP contribution in [-0.4, -0.2) is 18.1 Å². The van der Waals surface area contributed by atoms with E-state index in [1.807, 2.05) is 38.1 Å². The van der Waals surface area contributed by atoms with Gasteiger partial charge in [0.15, 0.2) is 5.01 Å². The Morgan fingerprint density at radius 1 is 1.18 bits per heavy atom. The molecule has 0 aliphatic heterocycles. The molecule has 0 saturated heterocycles. The Kier molecular flexibility index (Phi) is 8.72. The molecule has 1 aliphatic rings. The van der Waals surface area contributed by atoms with Gasteiger partial charge in [0, 0.05) is 21.4 Å². The molecule has 0 spiro atoms. The molecule has 1 saturated carbocycles. The van der Waals surface area contributed by atoms with Crippen LogP contribution in [0, 0.1) is 31.6 Å². The maximum absolute atomic E-state index is 6.58. The van der Waals surface area contributed by atoms with Crippen molar-refractivity contribution >= 4 is 46.9 Å². The molecule has 1 unspecified atom stereocenters. The number of aryl methyl sites for hydroxylation is 2. The molecule has 7 heteroatoms. The third kappa shape index (κ3) is 6.23. The van der Waals surface area contributed by atoms with Crippen LogP contribution in [0.5, 0.6) is 5.75 Å². The van der Waals surface area contributed by atoms with Crippen molar-refractivity contribution < 1.29 is 4.74 Å². The Morgan fingerprint density at radius 3 is 2.52 bits per heavy atom. The Morgan fingerprint density at radius 2 is 1.88 bits per heavy atom. The van der Waals surface area contributed by atoms with Crippen molar-refractivity contribution in [1.29, 1.82) is 0 Å². The van der Waals surface area contributed by atoms with Crippen molar-refractivity contribution in [3.8, 4) is 28.8 Å². The lowest BCUT2D eigenvalue weighted by Gasteiger charge is -2.20. The number of halogens is 3. The summed E-state index contributed by atoms with van der Waals surface area (Å²) in [5, 5.41) is 2.10. The van der Waals surface area contributed by atoms with Crippen molar-refractivity contribution in [1.82, 2.24) is 4.98 Å². The van der Waals surface area contributed by atoms with Crippen LogP contribution in [0.1, 0.15) is 46.2 Å². The third-order valence-corrected chi connectivity index (χ3v) is 7.35. The van der Waals surface area contributed by atoms with E-state index >= 15 is 0 Å². The van der Waals surface area contributed by atoms with Crippen molar-refractivity contribution in [3.63, 3.8) is 0 Å². The second kappa shape index (κ2) is 11.1. The van der Waals surface area contributed by atoms with E-state index in [-0.39, 0.29) is 24.4 Å². The number of hydrogen-bond acceptors (Lipinski definition) is 4. The number of rotatable bonds is 6. The highest BCUT2D eigenvalue weighted by Gasteiger charge is 2.29. The highest BCUT2D eigenvalue weighted by atomic mass is 35.5. The fraction of sp³-hybridized carbons (Fsp3) is 0.346. The lowest BCUT2D eigenvalue weighted by molar-refractivity contribution is 0.412. The van der Waals surface area contributed by atoms with Crippen molar-refractivity contribution in [2.75, 3.05) is 7.11 Å². The Hall–Kier alpha value is -1.74. The first-order valence-corrected chi connectivity index (χ1v) is 12.3. The third-order valence-electron chi connectivity index (χ3n) is 5.90. The predicted molar refractivity (Wildman–Crippen MR) is 142 cm³/mol. The normalized spacial score (nSPS) is 14.6. The van der Waals surface area contributed by atoms with Gasteiger partial charge in [0.25, 0.3) is 0 Å². The molecular weight excluding hydrogens is 495 g/mol. The lowest BCUT2D eigenvalue weighted by Crippen LogP contribution is -2.27. The van der Waals surface area contributed by atoms with Crippen LogP contribution in [0.15, 0.2) is 36.4 Å². The van der Waals surface area contributed by atoms with E-state index < -0.39 is 0 Å². The number of ether oxygens (including phenoxy) is 1. The number of thiazole rings is 1. The van der Waals surface area contributed by atoms with Gasteiger partial charge in [-0.05, 0) is 67.5 Å². The standard InChI is InChI=1S/C26H26Cl2N2OS.ClH/c1-15-12-21(22(28)14-24(15)31-3)26-16(2)32-25(30-26)11-10-23(29)20(13-17-4-5-17)18-6-8-19(27)9-7-18;/h6-9,12,14,17,20,23H,4-5,13,29H2,1-3H3;1H/t20?,23-;/m1./s1. The summed E-state index contributed by atoms with van der Waals surface area (Å²) in [6, 6.07) is 11.6. The molecule has 0 radical (unpaired) electrons. The van der Waals surface area contributed by atoms with Crippen LogP contribution in [0.25, 0.3) is 11.3 Å². The molecule has 2 atom stereocenters. The minimum atomic E-state index is -0.267. The van der Waals surface area contributed by atoms with E-state index in [9.17, 15) is 0 Å². The monoisotopic (exact) mass is 520 g/mol. The number of benzene rings is 2. The van der Waals surface area contributed by atoms with E-state index in [1.165, 1.54) is 18.4 Å². The zero-order chi connectivity index (χ0) is 22.8. The van der Waals surface area contributed by atoms with Crippen LogP contribution < -0.4 is 10.5 Å². The SMILES string of the molecule is COc1cc(Cl)c(-c2nc(C#C[C@@H](N)C(CC3CC3)c3ccc(Cl)cc3)sc2C)cc1C.Cl. The summed E-state index contributed by atoms with van der Waals surface area (Å²) >= 11 is 14.2. The number of hydrogen-bond donors (Lipinski definition) is 1. The summed E-state index contributed by atoms with van der Waals surface area (Å²) in [6.45, 7) is 4.04. The van der Waals surface area contributed by atoms with E-state index in [0.29, 0.717) is 5.02 Å². The molecule has 3 aromatic rings. The molecule has 0 bridgehead atoms. The molecule has 1 heterocycles. The van der Waals surface area contributed by atoms with Gasteiger partial charge in [-0.15, -0.1) is 23.7 Å². The molecule has 4 rings (SSSR count). The second-order valence-corrected chi connectivity index (χ2v) is 10.4. The van der Waals surface area contributed by atoms with Gasteiger partial charge in [-0.2, -0.15) is 0 Å². The summed E-state index contributed by atoms with van der Waals surface area (Å²) in [5.41, 5.74) is 10.5. The maximum Gasteiger partial charge on any atom is 0.167 e. The molecule has 3 nitrogen and oxygen atoms in total. The Bertz CT molecular complexity index is 1180. The van der Waals surface area contributed by atoms with E-state index in [0.717, 1.165) is 49.8 Å². The minimum absolute atomic E-state index is 0. The van der Waals surface area contributed by atoms with Gasteiger partial charge in [-0.3, -0.25) is 0 Å². The fourth-order valence-corrected chi connectivity index (χ4v) is 5.08. The number of nitrogens with two attached hydrogens (primary N) is 1. The van der Waals surface area contributed by atoms with Crippen molar-refractivity contribution in [2.45, 2.75) is 45.1 Å². The van der Waals surface area contributed by atoms with Gasteiger partial charge in [0.05, 0.1) is 23.9 Å². The van der Waals surface area contributed by atoms with E-state index in [2.05, 4.69) is 24.0 Å². The quantitative estimate of drug-likeness (QED) is 0.343. The first kappa shape index (κ1) is 25.9. The summed E-state index contributed by atoms with van der Waals surface area (Å²) in [5.74, 6) is 8.20. The molecule has 1 fully saturated rings. The largest absolute Gasteiger partial charge is 0.496 e. The van der Waals surface area contributed by atoms with Crippen LogP contribution in [0.2, 0.25) is 10.0 Å². The highest BCUT2D eigenvalue weighted by molar-refractivity contribution is 7.12. The first-order chi connectivity index (χ1) is 15.4. The van der Waals surface area contributed by atoms with Gasteiger partial charge < -0.3 is 10.5 Å². The molecule has 2 aromatic carbocycles. The average Bonchev–Trinajstić information content (AvgIpc) is 3.52. The molecular formula is C26H27Cl3N2OS. The number of methoxy groups -OCH3 is 1. The van der Waals surface area contributed by atoms with Crippen LogP contribution in [0.4, 0.5) is 0 Å². The molecule has 2 N–H and O–H groups in total. The number of aromatic nitrogens is 1. The van der Waals surface area contributed by atoms with Crippen LogP contribution in [-0.2, 0) is 0 Å². The predicted octanol–water partition coefficient (Wildman–Crippen LogP) is 7.43. The minimum Gasteiger partial charge on any atom is -0.496 e. The Labute approximate surface area is 216 Å². The lowest BCUT2D eigenvalue weighted by atomic mass is 9.87. The van der Waals surface area contributed by atoms with Crippen LogP contribution in [0.3, 0.4) is 0 Å². The highest BCUT2D eigenvalue weighted by Crippen LogP contribution is 2.40. The maximum atomic E-state index is 6.58. The molecule has 1 aliphatic carbocycles. The number of nitrogens with zero attached hydrogens (tertiary/aromatic N) is 1. The molecule has 174 valence electrons. The topological polar surface area (TPSA) is 48.1 Å². The smallest absolute Gasteiger partial charge is 0.167 e. The van der Waals surface area contributed by atoms with Gasteiger partial charge in [-0.25, -0.2) is 4.98 Å². The van der Waals surface area contributed by atoms with E-state index in [1.54, 1.807) is 18.4 Å². The van der Waals surface area contributed by atoms with Crippen LogP contribution >= 0.6 is 46.9 Å². The van der Waals surface area contributed by atoms with Gasteiger partial charge >= 0.3 is 0 Å². The zero-order valence-corrected chi connectivity index (χ0v) is 22.0. The molecule has 0 amide bonds. The summed E-state index contributed by atoms with van der Waals surface area (Å²) < 4.78 is 5.37. The molecule has 1 aromatic heterocycles. The van der Waals surface area contributed by atoms with Gasteiger partial charge in [0.1, 0.15) is 5.75 Å². The zero-order valence-electron chi connectivity index (χ0n) is 18.8. The van der Waals surface area contributed by atoms with E-state index in [4.69, 9.17) is 38.7 Å². The summed E-state index contributed by atoms with van der Waals surface area (Å²) in [6.07, 6.45) is 3.61.